The van der Waals surface area contributed by atoms with Gasteiger partial charge in [0.05, 0.1) is 19.4 Å². The predicted molar refractivity (Wildman–Crippen MR) is 96.2 cm³/mol. The van der Waals surface area contributed by atoms with Gasteiger partial charge in [-0.3, -0.25) is 4.79 Å². The first-order valence-corrected chi connectivity index (χ1v) is 8.31. The van der Waals surface area contributed by atoms with Crippen molar-refractivity contribution in [2.75, 3.05) is 19.7 Å². The van der Waals surface area contributed by atoms with Crippen LogP contribution >= 0.6 is 0 Å². The monoisotopic (exact) mass is 371 g/mol. The van der Waals surface area contributed by atoms with Crippen molar-refractivity contribution in [3.05, 3.63) is 71.0 Å². The number of nitrogens with zero attached hydrogens (tertiary/aromatic N) is 2. The molecule has 27 heavy (non-hydrogen) atoms. The molecule has 0 saturated carbocycles. The largest absolute Gasteiger partial charge is 0.465 e. The van der Waals surface area contributed by atoms with Gasteiger partial charge in [-0.1, -0.05) is 24.3 Å². The zero-order valence-corrected chi connectivity index (χ0v) is 14.3. The van der Waals surface area contributed by atoms with Crippen LogP contribution in [-0.4, -0.2) is 47.9 Å². The Labute approximate surface area is 155 Å². The van der Waals surface area contributed by atoms with Crippen molar-refractivity contribution in [3.63, 3.8) is 0 Å². The number of hydrogen-bond acceptors (Lipinski definition) is 4. The van der Waals surface area contributed by atoms with Crippen LogP contribution in [0.1, 0.15) is 27.6 Å². The number of hydrazone groups is 1. The number of nitrogens with one attached hydrogen (secondary N) is 1. The molecule has 0 aliphatic carbocycles. The van der Waals surface area contributed by atoms with E-state index in [1.807, 2.05) is 12.1 Å². The predicted octanol–water partition coefficient (Wildman–Crippen LogP) is 2.64. The molecule has 2 aromatic carbocycles. The van der Waals surface area contributed by atoms with Crippen molar-refractivity contribution in [2.45, 2.75) is 6.10 Å². The molecule has 3 rings (SSSR count). The summed E-state index contributed by atoms with van der Waals surface area (Å²) in [4.78, 5) is 24.3. The van der Waals surface area contributed by atoms with Crippen LogP contribution in [0.15, 0.2) is 53.6 Å². The molecule has 2 amide bonds. The van der Waals surface area contributed by atoms with Crippen LogP contribution in [0.5, 0.6) is 0 Å². The first-order chi connectivity index (χ1) is 13.0. The Bertz CT molecular complexity index is 837. The first-order valence-electron chi connectivity index (χ1n) is 8.31. The lowest BCUT2D eigenvalue weighted by Gasteiger charge is -2.31. The van der Waals surface area contributed by atoms with E-state index >= 15 is 0 Å². The lowest BCUT2D eigenvalue weighted by Crippen LogP contribution is -2.41. The zero-order chi connectivity index (χ0) is 19.2. The second-order valence-corrected chi connectivity index (χ2v) is 5.96. The molecule has 1 aliphatic heterocycles. The quantitative estimate of drug-likeness (QED) is 0.638. The number of carbonyl (C=O) groups is 2. The van der Waals surface area contributed by atoms with E-state index < -0.39 is 17.8 Å². The van der Waals surface area contributed by atoms with Gasteiger partial charge in [0.1, 0.15) is 11.9 Å². The van der Waals surface area contributed by atoms with Gasteiger partial charge < -0.3 is 14.7 Å². The Morgan fingerprint density at radius 1 is 1.19 bits per heavy atom. The molecule has 140 valence electrons. The van der Waals surface area contributed by atoms with E-state index in [2.05, 4.69) is 10.5 Å². The summed E-state index contributed by atoms with van der Waals surface area (Å²) in [5.74, 6) is -0.851. The summed E-state index contributed by atoms with van der Waals surface area (Å²) in [7, 11) is 0. The third-order valence-corrected chi connectivity index (χ3v) is 4.13. The average Bonchev–Trinajstić information content (AvgIpc) is 2.69. The molecule has 0 aromatic heterocycles. The van der Waals surface area contributed by atoms with Crippen molar-refractivity contribution in [1.82, 2.24) is 10.3 Å². The number of ether oxygens (including phenoxy) is 1. The average molecular weight is 371 g/mol. The highest BCUT2D eigenvalue weighted by molar-refractivity contribution is 5.94. The minimum atomic E-state index is -0.955. The highest BCUT2D eigenvalue weighted by atomic mass is 19.1. The smallest absolute Gasteiger partial charge is 0.407 e. The lowest BCUT2D eigenvalue weighted by atomic mass is 10.1. The fourth-order valence-electron chi connectivity index (χ4n) is 2.65. The Balaban J connectivity index is 1.57. The maximum atomic E-state index is 12.8. The Hall–Kier alpha value is -3.26. The van der Waals surface area contributed by atoms with Gasteiger partial charge in [-0.25, -0.2) is 14.6 Å². The van der Waals surface area contributed by atoms with E-state index in [0.717, 1.165) is 11.1 Å². The second-order valence-electron chi connectivity index (χ2n) is 5.96. The van der Waals surface area contributed by atoms with Crippen molar-refractivity contribution >= 4 is 18.2 Å². The maximum Gasteiger partial charge on any atom is 0.407 e. The normalized spacial score (nSPS) is 17.1. The fourth-order valence-corrected chi connectivity index (χ4v) is 2.65. The summed E-state index contributed by atoms with van der Waals surface area (Å²) in [6.07, 6.45) is 0.221. The van der Waals surface area contributed by atoms with E-state index in [-0.39, 0.29) is 12.6 Å². The van der Waals surface area contributed by atoms with Crippen LogP contribution in [-0.2, 0) is 4.74 Å². The van der Waals surface area contributed by atoms with E-state index in [9.17, 15) is 14.0 Å². The molecule has 1 heterocycles. The molecule has 1 unspecified atom stereocenters. The van der Waals surface area contributed by atoms with E-state index in [1.54, 1.807) is 12.1 Å². The Morgan fingerprint density at radius 3 is 2.56 bits per heavy atom. The summed E-state index contributed by atoms with van der Waals surface area (Å²) in [5, 5.41) is 13.0. The molecule has 1 aliphatic rings. The fraction of sp³-hybridized carbons (Fsp3) is 0.211. The molecule has 0 spiro atoms. The molecule has 1 atom stereocenters. The molecule has 0 bridgehead atoms. The molecule has 7 nitrogen and oxygen atoms in total. The molecule has 8 heteroatoms. The van der Waals surface area contributed by atoms with E-state index in [0.29, 0.717) is 18.7 Å². The van der Waals surface area contributed by atoms with Gasteiger partial charge in [0, 0.05) is 12.1 Å². The standard InChI is InChI=1S/C19H18FN3O4/c20-16-7-5-15(6-8-16)18(24)22-21-11-13-1-3-14(4-2-13)17-12-23(19(25)26)9-10-27-17/h1-8,11,17H,9-10,12H2,(H,22,24)(H,25,26)/b21-11+. The number of hydrogen-bond donors (Lipinski definition) is 2. The van der Waals surface area contributed by atoms with Gasteiger partial charge in [0.15, 0.2) is 0 Å². The molecule has 0 radical (unpaired) electrons. The van der Waals surface area contributed by atoms with Crippen molar-refractivity contribution in [3.8, 4) is 0 Å². The van der Waals surface area contributed by atoms with Crippen LogP contribution in [0.2, 0.25) is 0 Å². The van der Waals surface area contributed by atoms with Gasteiger partial charge in [-0.05, 0) is 35.4 Å². The molecule has 2 aromatic rings. The van der Waals surface area contributed by atoms with Gasteiger partial charge in [0.2, 0.25) is 0 Å². The minimum Gasteiger partial charge on any atom is -0.465 e. The summed E-state index contributed by atoms with van der Waals surface area (Å²) in [5.41, 5.74) is 4.30. The molecule has 1 saturated heterocycles. The second kappa shape index (κ2) is 8.41. The van der Waals surface area contributed by atoms with Crippen LogP contribution in [0.4, 0.5) is 9.18 Å². The van der Waals surface area contributed by atoms with Crippen LogP contribution < -0.4 is 5.43 Å². The van der Waals surface area contributed by atoms with E-state index in [1.165, 1.54) is 35.4 Å². The maximum absolute atomic E-state index is 12.8. The number of benzene rings is 2. The first kappa shape index (κ1) is 18.5. The van der Waals surface area contributed by atoms with Gasteiger partial charge >= 0.3 is 6.09 Å². The van der Waals surface area contributed by atoms with Crippen molar-refractivity contribution in [1.29, 1.82) is 0 Å². The number of carbonyl (C=O) groups excluding carboxylic acids is 1. The Morgan fingerprint density at radius 2 is 1.89 bits per heavy atom. The summed E-state index contributed by atoms with van der Waals surface area (Å²) >= 11 is 0. The van der Waals surface area contributed by atoms with Gasteiger partial charge in [-0.15, -0.1) is 0 Å². The summed E-state index contributed by atoms with van der Waals surface area (Å²) < 4.78 is 18.5. The molecular weight excluding hydrogens is 353 g/mol. The number of carboxylic acid groups (broad SMARTS) is 1. The molecule has 2 N–H and O–H groups in total. The third-order valence-electron chi connectivity index (χ3n) is 4.13. The van der Waals surface area contributed by atoms with Gasteiger partial charge in [-0.2, -0.15) is 5.10 Å². The number of rotatable bonds is 4. The SMILES string of the molecule is O=C(N/N=C/c1ccc(C2CN(C(=O)O)CCO2)cc1)c1ccc(F)cc1. The molecule has 1 fully saturated rings. The van der Waals surface area contributed by atoms with Crippen LogP contribution in [0, 0.1) is 5.82 Å². The number of halogens is 1. The highest BCUT2D eigenvalue weighted by Gasteiger charge is 2.24. The number of morpholine rings is 1. The summed E-state index contributed by atoms with van der Waals surface area (Å²) in [6.45, 7) is 1.01. The Kier molecular flexibility index (Phi) is 5.77. The number of amides is 2. The lowest BCUT2D eigenvalue weighted by molar-refractivity contribution is -0.0232. The van der Waals surface area contributed by atoms with Crippen LogP contribution in [0.25, 0.3) is 0 Å². The van der Waals surface area contributed by atoms with Crippen molar-refractivity contribution < 1.29 is 23.8 Å². The topological polar surface area (TPSA) is 91.2 Å². The third kappa shape index (κ3) is 4.89. The highest BCUT2D eigenvalue weighted by Crippen LogP contribution is 2.22. The van der Waals surface area contributed by atoms with Crippen molar-refractivity contribution in [2.24, 2.45) is 5.10 Å². The van der Waals surface area contributed by atoms with E-state index in [4.69, 9.17) is 9.84 Å². The molecular formula is C19H18FN3O4. The zero-order valence-electron chi connectivity index (χ0n) is 14.3. The summed E-state index contributed by atoms with van der Waals surface area (Å²) in [6, 6.07) is 12.4. The van der Waals surface area contributed by atoms with Gasteiger partial charge in [0.25, 0.3) is 5.91 Å². The minimum absolute atomic E-state index is 0.288. The van der Waals surface area contributed by atoms with Crippen LogP contribution in [0.3, 0.4) is 0 Å².